The second-order valence-corrected chi connectivity index (χ2v) is 8.22. The van der Waals surface area contributed by atoms with Gasteiger partial charge in [-0.05, 0) is 45.7 Å². The summed E-state index contributed by atoms with van der Waals surface area (Å²) in [6.45, 7) is 11.8. The minimum Gasteiger partial charge on any atom is -0.444 e. The van der Waals surface area contributed by atoms with Crippen molar-refractivity contribution in [2.45, 2.75) is 52.7 Å². The normalized spacial score (nSPS) is 15.3. The zero-order valence-corrected chi connectivity index (χ0v) is 17.2. The molecule has 1 amide bonds. The Morgan fingerprint density at radius 2 is 1.81 bits per heavy atom. The zero-order chi connectivity index (χ0) is 19.2. The maximum Gasteiger partial charge on any atom is 0.410 e. The highest BCUT2D eigenvalue weighted by molar-refractivity contribution is 6.30. The molecule has 144 valence electrons. The van der Waals surface area contributed by atoms with E-state index in [4.69, 9.17) is 16.3 Å². The first-order chi connectivity index (χ1) is 12.3. The largest absolute Gasteiger partial charge is 0.444 e. The van der Waals surface area contributed by atoms with Crippen LogP contribution in [0.2, 0.25) is 0 Å². The molecule has 0 atom stereocenters. The van der Waals surface area contributed by atoms with Crippen LogP contribution in [0.5, 0.6) is 0 Å². The predicted molar refractivity (Wildman–Crippen MR) is 107 cm³/mol. The number of hydrogen-bond acceptors (Lipinski definition) is 3. The third-order valence-electron chi connectivity index (χ3n) is 4.46. The fourth-order valence-electron chi connectivity index (χ4n) is 2.99. The number of halogens is 1. The van der Waals surface area contributed by atoms with Crippen LogP contribution in [-0.4, -0.2) is 47.7 Å². The van der Waals surface area contributed by atoms with Crippen molar-refractivity contribution in [3.63, 3.8) is 0 Å². The summed E-state index contributed by atoms with van der Waals surface area (Å²) in [4.78, 5) is 16.3. The predicted octanol–water partition coefficient (Wildman–Crippen LogP) is 5.03. The van der Waals surface area contributed by atoms with Crippen molar-refractivity contribution >= 4 is 17.7 Å². The molecule has 0 saturated carbocycles. The summed E-state index contributed by atoms with van der Waals surface area (Å²) >= 11 is 6.64. The molecule has 2 rings (SSSR count). The number of hydrogen-bond donors (Lipinski definition) is 0. The van der Waals surface area contributed by atoms with E-state index in [0.29, 0.717) is 13.1 Å². The number of amides is 1. The second kappa shape index (κ2) is 9.43. The molecule has 1 aliphatic heterocycles. The third-order valence-corrected chi connectivity index (χ3v) is 4.85. The average Bonchev–Trinajstić information content (AvgIpc) is 2.60. The molecular weight excluding hydrogens is 348 g/mol. The second-order valence-electron chi connectivity index (χ2n) is 7.76. The Hall–Kier alpha value is -1.52. The van der Waals surface area contributed by atoms with Crippen LogP contribution in [0.4, 0.5) is 4.79 Å². The standard InChI is InChI=1S/C21H31ClN2O2/c1-5-23(15-17-9-7-6-8-10-17)16-19(22)18-11-13-24(14-12-18)20(25)26-21(2,3)4/h6-10H,5,11-16H2,1-4H3. The molecule has 5 heteroatoms. The summed E-state index contributed by atoms with van der Waals surface area (Å²) in [5, 5.41) is 0.923. The molecule has 0 aromatic heterocycles. The lowest BCUT2D eigenvalue weighted by molar-refractivity contribution is 0.0236. The lowest BCUT2D eigenvalue weighted by Gasteiger charge is -2.32. The van der Waals surface area contributed by atoms with E-state index in [1.807, 2.05) is 26.8 Å². The number of rotatable bonds is 5. The van der Waals surface area contributed by atoms with Crippen LogP contribution in [0, 0.1) is 0 Å². The van der Waals surface area contributed by atoms with Gasteiger partial charge in [0.1, 0.15) is 5.60 Å². The summed E-state index contributed by atoms with van der Waals surface area (Å²) in [7, 11) is 0. The fourth-order valence-corrected chi connectivity index (χ4v) is 3.34. The summed E-state index contributed by atoms with van der Waals surface area (Å²) in [6.07, 6.45) is 1.41. The Morgan fingerprint density at radius 3 is 2.35 bits per heavy atom. The smallest absolute Gasteiger partial charge is 0.410 e. The summed E-state index contributed by atoms with van der Waals surface area (Å²) in [5.74, 6) is 0. The van der Waals surface area contributed by atoms with Gasteiger partial charge in [0.2, 0.25) is 0 Å². The van der Waals surface area contributed by atoms with Gasteiger partial charge in [-0.1, -0.05) is 54.4 Å². The average molecular weight is 379 g/mol. The molecule has 0 N–H and O–H groups in total. The molecule has 1 saturated heterocycles. The van der Waals surface area contributed by atoms with Gasteiger partial charge in [-0.2, -0.15) is 0 Å². The highest BCUT2D eigenvalue weighted by Gasteiger charge is 2.25. The van der Waals surface area contributed by atoms with E-state index in [9.17, 15) is 4.79 Å². The molecule has 1 fully saturated rings. The molecular formula is C21H31ClN2O2. The molecule has 4 nitrogen and oxygen atoms in total. The number of piperidine rings is 1. The van der Waals surface area contributed by atoms with Crippen molar-refractivity contribution in [2.24, 2.45) is 0 Å². The Kier molecular flexibility index (Phi) is 7.54. The van der Waals surface area contributed by atoms with Crippen LogP contribution in [0.15, 0.2) is 40.9 Å². The summed E-state index contributed by atoms with van der Waals surface area (Å²) in [6, 6.07) is 10.4. The van der Waals surface area contributed by atoms with Gasteiger partial charge in [0, 0.05) is 31.2 Å². The van der Waals surface area contributed by atoms with Crippen LogP contribution >= 0.6 is 11.6 Å². The van der Waals surface area contributed by atoms with Crippen LogP contribution in [-0.2, 0) is 11.3 Å². The van der Waals surface area contributed by atoms with Crippen molar-refractivity contribution in [1.29, 1.82) is 0 Å². The van der Waals surface area contributed by atoms with Gasteiger partial charge in [-0.25, -0.2) is 4.79 Å². The minimum absolute atomic E-state index is 0.230. The highest BCUT2D eigenvalue weighted by Crippen LogP contribution is 2.24. The number of benzene rings is 1. The molecule has 0 aliphatic carbocycles. The molecule has 1 aliphatic rings. The Balaban J connectivity index is 1.89. The van der Waals surface area contributed by atoms with E-state index in [2.05, 4.69) is 36.1 Å². The Morgan fingerprint density at radius 1 is 1.19 bits per heavy atom. The SMILES string of the molecule is CCN(CC(Cl)=C1CCN(C(=O)OC(C)(C)C)CC1)Cc1ccccc1. The van der Waals surface area contributed by atoms with Crippen molar-refractivity contribution in [3.05, 3.63) is 46.5 Å². The topological polar surface area (TPSA) is 32.8 Å². The zero-order valence-electron chi connectivity index (χ0n) is 16.4. The molecule has 0 spiro atoms. The van der Waals surface area contributed by atoms with E-state index in [1.54, 1.807) is 4.90 Å². The third kappa shape index (κ3) is 6.65. The molecule has 1 heterocycles. The molecule has 0 unspecified atom stereocenters. The first kappa shape index (κ1) is 20.8. The van der Waals surface area contributed by atoms with Crippen molar-refractivity contribution in [1.82, 2.24) is 9.80 Å². The Bertz CT molecular complexity index is 613. The van der Waals surface area contributed by atoms with Gasteiger partial charge in [-0.15, -0.1) is 0 Å². The van der Waals surface area contributed by atoms with Gasteiger partial charge >= 0.3 is 6.09 Å². The summed E-state index contributed by atoms with van der Waals surface area (Å²) in [5.41, 5.74) is 2.10. The molecule has 1 aromatic rings. The number of likely N-dealkylation sites (tertiary alicyclic amines) is 1. The van der Waals surface area contributed by atoms with E-state index < -0.39 is 5.60 Å². The van der Waals surface area contributed by atoms with E-state index in [-0.39, 0.29) is 6.09 Å². The molecule has 1 aromatic carbocycles. The van der Waals surface area contributed by atoms with Gasteiger partial charge in [0.15, 0.2) is 0 Å². The van der Waals surface area contributed by atoms with Gasteiger partial charge in [0.05, 0.1) is 0 Å². The van der Waals surface area contributed by atoms with Gasteiger partial charge in [0.25, 0.3) is 0 Å². The van der Waals surface area contributed by atoms with E-state index in [1.165, 1.54) is 11.1 Å². The van der Waals surface area contributed by atoms with E-state index >= 15 is 0 Å². The monoisotopic (exact) mass is 378 g/mol. The highest BCUT2D eigenvalue weighted by atomic mass is 35.5. The molecule has 0 bridgehead atoms. The molecule has 26 heavy (non-hydrogen) atoms. The number of carbonyl (C=O) groups is 1. The van der Waals surface area contributed by atoms with Crippen LogP contribution in [0.3, 0.4) is 0 Å². The minimum atomic E-state index is -0.454. The lowest BCUT2D eigenvalue weighted by Crippen LogP contribution is -2.40. The van der Waals surface area contributed by atoms with E-state index in [0.717, 1.165) is 37.5 Å². The van der Waals surface area contributed by atoms with Crippen LogP contribution in [0.1, 0.15) is 46.1 Å². The number of carbonyl (C=O) groups excluding carboxylic acids is 1. The first-order valence-electron chi connectivity index (χ1n) is 9.39. The van der Waals surface area contributed by atoms with Crippen molar-refractivity contribution < 1.29 is 9.53 Å². The maximum absolute atomic E-state index is 12.2. The van der Waals surface area contributed by atoms with Crippen molar-refractivity contribution in [2.75, 3.05) is 26.2 Å². The van der Waals surface area contributed by atoms with Crippen LogP contribution < -0.4 is 0 Å². The summed E-state index contributed by atoms with van der Waals surface area (Å²) < 4.78 is 5.45. The van der Waals surface area contributed by atoms with Crippen molar-refractivity contribution in [3.8, 4) is 0 Å². The lowest BCUT2D eigenvalue weighted by atomic mass is 10.0. The fraction of sp³-hybridized carbons (Fsp3) is 0.571. The van der Waals surface area contributed by atoms with Gasteiger partial charge in [-0.3, -0.25) is 4.90 Å². The number of nitrogens with zero attached hydrogens (tertiary/aromatic N) is 2. The first-order valence-corrected chi connectivity index (χ1v) is 9.77. The van der Waals surface area contributed by atoms with Crippen LogP contribution in [0.25, 0.3) is 0 Å². The number of likely N-dealkylation sites (N-methyl/N-ethyl adjacent to an activating group) is 1. The van der Waals surface area contributed by atoms with Gasteiger partial charge < -0.3 is 9.64 Å². The molecule has 0 radical (unpaired) electrons. The Labute approximate surface area is 162 Å². The quantitative estimate of drug-likeness (QED) is 0.720. The number of ether oxygens (including phenoxy) is 1. The maximum atomic E-state index is 12.2.